The van der Waals surface area contributed by atoms with Gasteiger partial charge in [-0.15, -0.1) is 0 Å². The molecular formula is C16H15FO. The van der Waals surface area contributed by atoms with Gasteiger partial charge in [0.25, 0.3) is 0 Å². The molecule has 2 heteroatoms. The number of rotatable bonds is 3. The number of hydrogen-bond acceptors (Lipinski definition) is 1. The molecule has 2 aromatic carbocycles. The van der Waals surface area contributed by atoms with Crippen LogP contribution in [0.2, 0.25) is 0 Å². The van der Waals surface area contributed by atoms with Crippen molar-refractivity contribution in [2.75, 3.05) is 0 Å². The van der Waals surface area contributed by atoms with E-state index in [1.54, 1.807) is 36.4 Å². The zero-order valence-electron chi connectivity index (χ0n) is 10.5. The minimum Gasteiger partial charge on any atom is -0.294 e. The van der Waals surface area contributed by atoms with Gasteiger partial charge in [0, 0.05) is 17.0 Å². The van der Waals surface area contributed by atoms with E-state index in [1.807, 2.05) is 19.9 Å². The molecule has 0 unspecified atom stereocenters. The third-order valence-electron chi connectivity index (χ3n) is 2.86. The average Bonchev–Trinajstić information content (AvgIpc) is 2.38. The average molecular weight is 242 g/mol. The minimum atomic E-state index is -0.272. The third kappa shape index (κ3) is 2.48. The van der Waals surface area contributed by atoms with E-state index in [1.165, 1.54) is 6.07 Å². The van der Waals surface area contributed by atoms with Crippen molar-refractivity contribution in [3.63, 3.8) is 0 Å². The van der Waals surface area contributed by atoms with Gasteiger partial charge in [-0.25, -0.2) is 4.39 Å². The van der Waals surface area contributed by atoms with Crippen LogP contribution in [0.4, 0.5) is 4.39 Å². The van der Waals surface area contributed by atoms with Gasteiger partial charge in [0.1, 0.15) is 5.82 Å². The first-order valence-electron chi connectivity index (χ1n) is 5.99. The summed E-state index contributed by atoms with van der Waals surface area (Å²) in [6.45, 7) is 3.72. The van der Waals surface area contributed by atoms with Gasteiger partial charge in [0.15, 0.2) is 5.78 Å². The van der Waals surface area contributed by atoms with Crippen molar-refractivity contribution in [2.24, 2.45) is 5.92 Å². The Labute approximate surface area is 106 Å². The van der Waals surface area contributed by atoms with E-state index < -0.39 is 0 Å². The first-order chi connectivity index (χ1) is 8.59. The van der Waals surface area contributed by atoms with Crippen LogP contribution in [0.3, 0.4) is 0 Å². The molecule has 92 valence electrons. The molecule has 0 saturated heterocycles. The number of ketones is 1. The summed E-state index contributed by atoms with van der Waals surface area (Å²) >= 11 is 0. The van der Waals surface area contributed by atoms with Crippen molar-refractivity contribution in [1.82, 2.24) is 0 Å². The molecule has 0 N–H and O–H groups in total. The fourth-order valence-corrected chi connectivity index (χ4v) is 1.87. The predicted molar refractivity (Wildman–Crippen MR) is 71.0 cm³/mol. The molecule has 18 heavy (non-hydrogen) atoms. The minimum absolute atomic E-state index is 0.0547. The predicted octanol–water partition coefficient (Wildman–Crippen LogP) is 4.33. The Morgan fingerprint density at radius 1 is 1.06 bits per heavy atom. The van der Waals surface area contributed by atoms with Gasteiger partial charge in [-0.05, 0) is 17.7 Å². The summed E-state index contributed by atoms with van der Waals surface area (Å²) in [6.07, 6.45) is 0. The van der Waals surface area contributed by atoms with E-state index in [9.17, 15) is 9.18 Å². The Morgan fingerprint density at radius 3 is 2.44 bits per heavy atom. The lowest BCUT2D eigenvalue weighted by atomic mass is 9.97. The van der Waals surface area contributed by atoms with Crippen LogP contribution in [0.15, 0.2) is 48.5 Å². The van der Waals surface area contributed by atoms with Crippen LogP contribution in [-0.4, -0.2) is 5.78 Å². The highest BCUT2D eigenvalue weighted by Crippen LogP contribution is 2.24. The van der Waals surface area contributed by atoms with Crippen LogP contribution in [0.5, 0.6) is 0 Å². The Kier molecular flexibility index (Phi) is 3.56. The Morgan fingerprint density at radius 2 is 1.78 bits per heavy atom. The number of benzene rings is 2. The normalized spacial score (nSPS) is 10.7. The van der Waals surface area contributed by atoms with Gasteiger partial charge in [-0.3, -0.25) is 4.79 Å². The van der Waals surface area contributed by atoms with E-state index in [2.05, 4.69) is 0 Å². The van der Waals surface area contributed by atoms with Crippen LogP contribution >= 0.6 is 0 Å². The fourth-order valence-electron chi connectivity index (χ4n) is 1.87. The van der Waals surface area contributed by atoms with Crippen molar-refractivity contribution < 1.29 is 9.18 Å². The van der Waals surface area contributed by atoms with Crippen LogP contribution < -0.4 is 0 Å². The van der Waals surface area contributed by atoms with Gasteiger partial charge in [-0.1, -0.05) is 50.2 Å². The molecule has 0 spiro atoms. The summed E-state index contributed by atoms with van der Waals surface area (Å²) in [5.74, 6) is -0.249. The summed E-state index contributed by atoms with van der Waals surface area (Å²) in [6, 6.07) is 13.7. The van der Waals surface area contributed by atoms with E-state index in [4.69, 9.17) is 0 Å². The van der Waals surface area contributed by atoms with Crippen molar-refractivity contribution >= 4 is 5.78 Å². The number of carbonyl (C=O) groups excluding carboxylic acids is 1. The van der Waals surface area contributed by atoms with Gasteiger partial charge in [-0.2, -0.15) is 0 Å². The SMILES string of the molecule is CC(C)C(=O)c1cccc(-c2ccccc2F)c1. The van der Waals surface area contributed by atoms with Crippen molar-refractivity contribution in [3.8, 4) is 11.1 Å². The Hall–Kier alpha value is -1.96. The second-order valence-electron chi connectivity index (χ2n) is 4.58. The van der Waals surface area contributed by atoms with Gasteiger partial charge >= 0.3 is 0 Å². The molecule has 2 rings (SSSR count). The summed E-state index contributed by atoms with van der Waals surface area (Å²) in [7, 11) is 0. The number of hydrogen-bond donors (Lipinski definition) is 0. The molecule has 0 fully saturated rings. The highest BCUT2D eigenvalue weighted by molar-refractivity contribution is 5.98. The van der Waals surface area contributed by atoms with Gasteiger partial charge < -0.3 is 0 Å². The lowest BCUT2D eigenvalue weighted by molar-refractivity contribution is 0.0939. The van der Waals surface area contributed by atoms with E-state index >= 15 is 0 Å². The summed E-state index contributed by atoms with van der Waals surface area (Å²) in [4.78, 5) is 11.9. The van der Waals surface area contributed by atoms with Crippen LogP contribution in [0, 0.1) is 11.7 Å². The van der Waals surface area contributed by atoms with Gasteiger partial charge in [0.2, 0.25) is 0 Å². The molecule has 0 aliphatic carbocycles. The molecule has 0 amide bonds. The molecule has 1 nitrogen and oxygen atoms in total. The summed E-state index contributed by atoms with van der Waals surface area (Å²) in [5, 5.41) is 0. The van der Waals surface area contributed by atoms with Crippen LogP contribution in [0.25, 0.3) is 11.1 Å². The molecule has 0 aromatic heterocycles. The Balaban J connectivity index is 2.45. The lowest BCUT2D eigenvalue weighted by Gasteiger charge is -2.07. The van der Waals surface area contributed by atoms with E-state index in [0.717, 1.165) is 5.56 Å². The number of carbonyl (C=O) groups is 1. The standard InChI is InChI=1S/C16H15FO/c1-11(2)16(18)13-7-5-6-12(10-13)14-8-3-4-9-15(14)17/h3-11H,1-2H3. The number of halogens is 1. The highest BCUT2D eigenvalue weighted by atomic mass is 19.1. The number of Topliss-reactive ketones (excluding diaryl/α,β-unsaturated/α-hetero) is 1. The van der Waals surface area contributed by atoms with E-state index in [0.29, 0.717) is 11.1 Å². The van der Waals surface area contributed by atoms with Crippen LogP contribution in [-0.2, 0) is 0 Å². The largest absolute Gasteiger partial charge is 0.294 e. The smallest absolute Gasteiger partial charge is 0.165 e. The van der Waals surface area contributed by atoms with Gasteiger partial charge in [0.05, 0.1) is 0 Å². The molecule has 0 saturated carbocycles. The highest BCUT2D eigenvalue weighted by Gasteiger charge is 2.12. The maximum Gasteiger partial charge on any atom is 0.165 e. The second kappa shape index (κ2) is 5.13. The Bertz CT molecular complexity index is 573. The molecule has 2 aromatic rings. The fraction of sp³-hybridized carbons (Fsp3) is 0.188. The maximum atomic E-state index is 13.7. The lowest BCUT2D eigenvalue weighted by Crippen LogP contribution is -2.07. The molecule has 0 bridgehead atoms. The topological polar surface area (TPSA) is 17.1 Å². The van der Waals surface area contributed by atoms with Crippen LogP contribution in [0.1, 0.15) is 24.2 Å². The quantitative estimate of drug-likeness (QED) is 0.732. The first kappa shape index (κ1) is 12.5. The molecule has 0 heterocycles. The zero-order chi connectivity index (χ0) is 13.1. The maximum absolute atomic E-state index is 13.7. The second-order valence-corrected chi connectivity index (χ2v) is 4.58. The third-order valence-corrected chi connectivity index (χ3v) is 2.86. The summed E-state index contributed by atoms with van der Waals surface area (Å²) < 4.78 is 13.7. The molecule has 0 radical (unpaired) electrons. The molecule has 0 atom stereocenters. The molecular weight excluding hydrogens is 227 g/mol. The monoisotopic (exact) mass is 242 g/mol. The zero-order valence-corrected chi connectivity index (χ0v) is 10.5. The molecule has 0 aliphatic rings. The van der Waals surface area contributed by atoms with Crippen molar-refractivity contribution in [1.29, 1.82) is 0 Å². The van der Waals surface area contributed by atoms with E-state index in [-0.39, 0.29) is 17.5 Å². The summed E-state index contributed by atoms with van der Waals surface area (Å²) in [5.41, 5.74) is 1.89. The first-order valence-corrected chi connectivity index (χ1v) is 5.99. The van der Waals surface area contributed by atoms with Crippen molar-refractivity contribution in [2.45, 2.75) is 13.8 Å². The van der Waals surface area contributed by atoms with Crippen molar-refractivity contribution in [3.05, 3.63) is 59.9 Å². The molecule has 0 aliphatic heterocycles.